The average molecular weight is 513 g/mol. The summed E-state index contributed by atoms with van der Waals surface area (Å²) in [7, 11) is 0. The molecule has 4 heteroatoms. The maximum atomic E-state index is 4.90. The minimum atomic E-state index is 0.653. The normalized spacial score (nSPS) is 11.0. The molecule has 40 heavy (non-hydrogen) atoms. The van der Waals surface area contributed by atoms with Crippen LogP contribution < -0.4 is 0 Å². The highest BCUT2D eigenvalue weighted by Crippen LogP contribution is 2.33. The highest BCUT2D eigenvalue weighted by molar-refractivity contribution is 5.98. The standard InChI is InChI=1S/C36H24N4/c1-3-10-27(11-4-1)34-38-35(28-12-5-2-6-13-28)40-36(39-34)30-21-22-32-29(24-30)14-9-15-31(32)25-17-19-26(20-18-25)33-16-7-8-23-37-33/h1-24H. The van der Waals surface area contributed by atoms with Crippen molar-refractivity contribution < 1.29 is 0 Å². The summed E-state index contributed by atoms with van der Waals surface area (Å²) in [6, 6.07) is 47.5. The monoisotopic (exact) mass is 512 g/mol. The Morgan fingerprint density at radius 3 is 1.57 bits per heavy atom. The van der Waals surface area contributed by atoms with Crippen LogP contribution in [0.25, 0.3) is 67.3 Å². The van der Waals surface area contributed by atoms with E-state index < -0.39 is 0 Å². The molecular formula is C36H24N4. The van der Waals surface area contributed by atoms with E-state index >= 15 is 0 Å². The zero-order valence-electron chi connectivity index (χ0n) is 21.6. The van der Waals surface area contributed by atoms with Gasteiger partial charge in [0.25, 0.3) is 0 Å². The smallest absolute Gasteiger partial charge is 0.164 e. The van der Waals surface area contributed by atoms with Crippen molar-refractivity contribution >= 4 is 10.8 Å². The number of nitrogens with zero attached hydrogens (tertiary/aromatic N) is 4. The molecule has 0 amide bonds. The summed E-state index contributed by atoms with van der Waals surface area (Å²) in [5.74, 6) is 1.97. The molecule has 0 bridgehead atoms. The number of benzene rings is 5. The first kappa shape index (κ1) is 23.6. The minimum absolute atomic E-state index is 0.653. The van der Waals surface area contributed by atoms with Gasteiger partial charge in [0.1, 0.15) is 0 Å². The van der Waals surface area contributed by atoms with Gasteiger partial charge in [-0.05, 0) is 40.1 Å². The van der Waals surface area contributed by atoms with Crippen molar-refractivity contribution in [3.63, 3.8) is 0 Å². The van der Waals surface area contributed by atoms with Crippen molar-refractivity contribution in [1.82, 2.24) is 19.9 Å². The molecule has 0 unspecified atom stereocenters. The van der Waals surface area contributed by atoms with E-state index in [1.165, 1.54) is 10.9 Å². The van der Waals surface area contributed by atoms with Crippen molar-refractivity contribution in [3.8, 4) is 56.5 Å². The molecule has 0 saturated heterocycles. The van der Waals surface area contributed by atoms with Crippen LogP contribution in [0.3, 0.4) is 0 Å². The van der Waals surface area contributed by atoms with Gasteiger partial charge in [-0.2, -0.15) is 0 Å². The molecule has 7 aromatic rings. The summed E-state index contributed by atoms with van der Waals surface area (Å²) in [6.07, 6.45) is 1.82. The quantitative estimate of drug-likeness (QED) is 0.231. The minimum Gasteiger partial charge on any atom is -0.256 e. The van der Waals surface area contributed by atoms with Crippen molar-refractivity contribution in [1.29, 1.82) is 0 Å². The molecule has 7 rings (SSSR count). The number of rotatable bonds is 5. The van der Waals surface area contributed by atoms with Gasteiger partial charge in [0.05, 0.1) is 5.69 Å². The molecule has 0 spiro atoms. The van der Waals surface area contributed by atoms with Gasteiger partial charge in [0.15, 0.2) is 17.5 Å². The van der Waals surface area contributed by atoms with E-state index in [0.29, 0.717) is 17.5 Å². The summed E-state index contributed by atoms with van der Waals surface area (Å²) in [5, 5.41) is 2.31. The number of pyridine rings is 1. The summed E-state index contributed by atoms with van der Waals surface area (Å²) in [6.45, 7) is 0. The Balaban J connectivity index is 1.30. The van der Waals surface area contributed by atoms with Gasteiger partial charge >= 0.3 is 0 Å². The fraction of sp³-hybridized carbons (Fsp3) is 0. The summed E-state index contributed by atoms with van der Waals surface area (Å²) in [5.41, 5.74) is 7.29. The fourth-order valence-corrected chi connectivity index (χ4v) is 4.97. The highest BCUT2D eigenvalue weighted by Gasteiger charge is 2.13. The van der Waals surface area contributed by atoms with E-state index in [0.717, 1.165) is 38.9 Å². The first-order chi connectivity index (χ1) is 19.8. The number of hydrogen-bond donors (Lipinski definition) is 0. The lowest BCUT2D eigenvalue weighted by Gasteiger charge is -2.11. The van der Waals surface area contributed by atoms with E-state index in [-0.39, 0.29) is 0 Å². The first-order valence-corrected chi connectivity index (χ1v) is 13.2. The topological polar surface area (TPSA) is 51.6 Å². The molecule has 2 aromatic heterocycles. The zero-order chi connectivity index (χ0) is 26.7. The molecule has 0 saturated carbocycles. The molecule has 0 aliphatic heterocycles. The number of fused-ring (bicyclic) bond motifs is 1. The van der Waals surface area contributed by atoms with Crippen LogP contribution in [-0.2, 0) is 0 Å². The van der Waals surface area contributed by atoms with Gasteiger partial charge in [-0.15, -0.1) is 0 Å². The van der Waals surface area contributed by atoms with E-state index in [1.54, 1.807) is 0 Å². The third-order valence-corrected chi connectivity index (χ3v) is 6.99. The van der Waals surface area contributed by atoms with Gasteiger partial charge in [-0.25, -0.2) is 15.0 Å². The molecule has 0 aliphatic carbocycles. The van der Waals surface area contributed by atoms with E-state index in [9.17, 15) is 0 Å². The van der Waals surface area contributed by atoms with Crippen molar-refractivity contribution in [2.45, 2.75) is 0 Å². The van der Waals surface area contributed by atoms with Crippen molar-refractivity contribution in [2.24, 2.45) is 0 Å². The van der Waals surface area contributed by atoms with E-state index in [4.69, 9.17) is 15.0 Å². The Morgan fingerprint density at radius 1 is 0.375 bits per heavy atom. The molecular weight excluding hydrogens is 488 g/mol. The molecule has 4 nitrogen and oxygen atoms in total. The zero-order valence-corrected chi connectivity index (χ0v) is 21.6. The number of hydrogen-bond acceptors (Lipinski definition) is 4. The molecule has 0 aliphatic rings. The van der Waals surface area contributed by atoms with Crippen LogP contribution in [0.2, 0.25) is 0 Å². The van der Waals surface area contributed by atoms with Crippen LogP contribution in [0, 0.1) is 0 Å². The number of aromatic nitrogens is 4. The summed E-state index contributed by atoms with van der Waals surface area (Å²) in [4.78, 5) is 19.1. The van der Waals surface area contributed by atoms with Crippen LogP contribution in [0.5, 0.6) is 0 Å². The second-order valence-corrected chi connectivity index (χ2v) is 9.57. The third-order valence-electron chi connectivity index (χ3n) is 6.99. The Morgan fingerprint density at radius 2 is 0.950 bits per heavy atom. The Labute approximate surface area is 232 Å². The Hall–Kier alpha value is -5.48. The molecule has 188 valence electrons. The maximum Gasteiger partial charge on any atom is 0.164 e. The molecule has 0 N–H and O–H groups in total. The lowest BCUT2D eigenvalue weighted by molar-refractivity contribution is 1.07. The van der Waals surface area contributed by atoms with Crippen LogP contribution in [-0.4, -0.2) is 19.9 Å². The predicted octanol–water partition coefficient (Wildman–Crippen LogP) is 8.75. The van der Waals surface area contributed by atoms with Gasteiger partial charge in [0, 0.05) is 28.5 Å². The van der Waals surface area contributed by atoms with Crippen molar-refractivity contribution in [3.05, 3.63) is 146 Å². The maximum absolute atomic E-state index is 4.90. The second kappa shape index (κ2) is 10.4. The van der Waals surface area contributed by atoms with Crippen LogP contribution in [0.1, 0.15) is 0 Å². The van der Waals surface area contributed by atoms with Crippen LogP contribution >= 0.6 is 0 Å². The van der Waals surface area contributed by atoms with E-state index in [1.807, 2.05) is 85.1 Å². The highest BCUT2D eigenvalue weighted by atomic mass is 15.0. The second-order valence-electron chi connectivity index (χ2n) is 9.57. The average Bonchev–Trinajstić information content (AvgIpc) is 3.05. The SMILES string of the molecule is c1ccc(-c2nc(-c3ccccc3)nc(-c3ccc4c(-c5ccc(-c6ccccn6)cc5)cccc4c3)n2)cc1. The Bertz CT molecular complexity index is 1860. The lowest BCUT2D eigenvalue weighted by atomic mass is 9.96. The summed E-state index contributed by atoms with van der Waals surface area (Å²) >= 11 is 0. The molecule has 5 aromatic carbocycles. The third kappa shape index (κ3) is 4.63. The largest absolute Gasteiger partial charge is 0.256 e. The molecule has 2 heterocycles. The van der Waals surface area contributed by atoms with Crippen LogP contribution in [0.4, 0.5) is 0 Å². The Kier molecular flexibility index (Phi) is 6.11. The molecule has 0 fully saturated rings. The van der Waals surface area contributed by atoms with Gasteiger partial charge < -0.3 is 0 Å². The molecule has 0 atom stereocenters. The van der Waals surface area contributed by atoms with Crippen LogP contribution in [0.15, 0.2) is 146 Å². The van der Waals surface area contributed by atoms with Gasteiger partial charge in [-0.3, -0.25) is 4.98 Å². The fourth-order valence-electron chi connectivity index (χ4n) is 4.97. The van der Waals surface area contributed by atoms with E-state index in [2.05, 4.69) is 65.6 Å². The summed E-state index contributed by atoms with van der Waals surface area (Å²) < 4.78 is 0. The first-order valence-electron chi connectivity index (χ1n) is 13.2. The lowest BCUT2D eigenvalue weighted by Crippen LogP contribution is -2.00. The van der Waals surface area contributed by atoms with Crippen molar-refractivity contribution in [2.75, 3.05) is 0 Å². The van der Waals surface area contributed by atoms with Gasteiger partial charge in [0.2, 0.25) is 0 Å². The predicted molar refractivity (Wildman–Crippen MR) is 162 cm³/mol. The molecule has 0 radical (unpaired) electrons. The van der Waals surface area contributed by atoms with Gasteiger partial charge in [-0.1, -0.05) is 121 Å².